The van der Waals surface area contributed by atoms with E-state index in [1.54, 1.807) is 0 Å². The van der Waals surface area contributed by atoms with Crippen LogP contribution in [0.3, 0.4) is 0 Å². The lowest BCUT2D eigenvalue weighted by Crippen LogP contribution is -2.02. The topological polar surface area (TPSA) is 37.8 Å². The Kier molecular flexibility index (Phi) is 3.10. The van der Waals surface area contributed by atoms with Crippen molar-refractivity contribution in [1.82, 2.24) is 9.97 Å². The number of hydrogen-bond donors (Lipinski definition) is 1. The van der Waals surface area contributed by atoms with Gasteiger partial charge in [-0.05, 0) is 18.6 Å². The summed E-state index contributed by atoms with van der Waals surface area (Å²) in [6, 6.07) is 9.36. The van der Waals surface area contributed by atoms with Crippen LogP contribution in [-0.2, 0) is 6.42 Å². The van der Waals surface area contributed by atoms with E-state index in [0.717, 1.165) is 5.69 Å². The van der Waals surface area contributed by atoms with Crippen molar-refractivity contribution >= 4 is 11.5 Å². The van der Waals surface area contributed by atoms with Crippen molar-refractivity contribution in [1.29, 1.82) is 0 Å². The van der Waals surface area contributed by atoms with Crippen LogP contribution in [0.5, 0.6) is 0 Å². The fraction of sp³-hybridized carbons (Fsp3) is 0.167. The van der Waals surface area contributed by atoms with Crippen molar-refractivity contribution < 1.29 is 4.39 Å². The van der Waals surface area contributed by atoms with Crippen LogP contribution in [-0.4, -0.2) is 9.97 Å². The second-order valence-corrected chi connectivity index (χ2v) is 3.33. The maximum absolute atomic E-state index is 13.8. The Bertz CT molecular complexity index is 471. The molecule has 0 unspecified atom stereocenters. The molecule has 0 saturated carbocycles. The molecule has 0 spiro atoms. The normalized spacial score (nSPS) is 10.1. The van der Waals surface area contributed by atoms with Gasteiger partial charge in [-0.3, -0.25) is 0 Å². The molecule has 1 aromatic carbocycles. The second-order valence-electron chi connectivity index (χ2n) is 3.33. The highest BCUT2D eigenvalue weighted by molar-refractivity contribution is 5.56. The first kappa shape index (κ1) is 10.5. The molecule has 2 rings (SSSR count). The lowest BCUT2D eigenvalue weighted by molar-refractivity contribution is 0.599. The van der Waals surface area contributed by atoms with Crippen LogP contribution in [0.1, 0.15) is 12.6 Å². The van der Waals surface area contributed by atoms with Gasteiger partial charge in [-0.25, -0.2) is 14.4 Å². The molecule has 0 saturated heterocycles. The van der Waals surface area contributed by atoms with Gasteiger partial charge in [0.15, 0.2) is 11.6 Å². The lowest BCUT2D eigenvalue weighted by atomic mass is 10.3. The number of hydrogen-bond acceptors (Lipinski definition) is 3. The van der Waals surface area contributed by atoms with Crippen molar-refractivity contribution in [2.75, 3.05) is 5.32 Å². The molecule has 3 nitrogen and oxygen atoms in total. The molecule has 4 heteroatoms. The molecule has 0 fully saturated rings. The first-order chi connectivity index (χ1) is 7.81. The summed E-state index contributed by atoms with van der Waals surface area (Å²) in [6.07, 6.45) is 1.92. The zero-order valence-corrected chi connectivity index (χ0v) is 8.94. The molecule has 0 amide bonds. The fourth-order valence-electron chi connectivity index (χ4n) is 1.40. The maximum atomic E-state index is 13.8. The van der Waals surface area contributed by atoms with Gasteiger partial charge in [0.1, 0.15) is 6.33 Å². The number of para-hydroxylation sites is 1. The molecule has 1 aromatic heterocycles. The minimum absolute atomic E-state index is 0.220. The summed E-state index contributed by atoms with van der Waals surface area (Å²) in [5, 5.41) is 2.92. The number of benzene rings is 1. The monoisotopic (exact) mass is 217 g/mol. The average molecular weight is 217 g/mol. The lowest BCUT2D eigenvalue weighted by Gasteiger charge is -2.07. The number of nitrogens with one attached hydrogen (secondary N) is 1. The molecule has 0 bridgehead atoms. The molecule has 0 aliphatic rings. The van der Waals surface area contributed by atoms with E-state index in [0.29, 0.717) is 12.1 Å². The van der Waals surface area contributed by atoms with E-state index in [2.05, 4.69) is 15.3 Å². The quantitative estimate of drug-likeness (QED) is 0.859. The largest absolute Gasteiger partial charge is 0.338 e. The Morgan fingerprint density at radius 3 is 2.62 bits per heavy atom. The van der Waals surface area contributed by atoms with Gasteiger partial charge in [0, 0.05) is 5.69 Å². The van der Waals surface area contributed by atoms with Crippen LogP contribution in [0, 0.1) is 5.82 Å². The van der Waals surface area contributed by atoms with E-state index >= 15 is 0 Å². The standard InChI is InChI=1S/C12H12FN3/c1-2-10-11(13)12(15-8-14-10)16-9-6-4-3-5-7-9/h3-8H,2H2,1H3,(H,14,15,16). The summed E-state index contributed by atoms with van der Waals surface area (Å²) in [4.78, 5) is 7.76. The molecule has 0 atom stereocenters. The van der Waals surface area contributed by atoms with Crippen molar-refractivity contribution in [2.24, 2.45) is 0 Å². The third-order valence-corrected chi connectivity index (χ3v) is 2.23. The predicted octanol–water partition coefficient (Wildman–Crippen LogP) is 2.92. The van der Waals surface area contributed by atoms with E-state index in [1.807, 2.05) is 37.3 Å². The van der Waals surface area contributed by atoms with Crippen LogP contribution in [0.25, 0.3) is 0 Å². The summed E-state index contributed by atoms with van der Waals surface area (Å²) in [5.74, 6) is -0.160. The van der Waals surface area contributed by atoms with Crippen LogP contribution in [0.2, 0.25) is 0 Å². The molecule has 0 aliphatic carbocycles. The maximum Gasteiger partial charge on any atom is 0.187 e. The highest BCUT2D eigenvalue weighted by Crippen LogP contribution is 2.18. The van der Waals surface area contributed by atoms with E-state index in [1.165, 1.54) is 6.33 Å². The minimum atomic E-state index is -0.381. The van der Waals surface area contributed by atoms with E-state index in [4.69, 9.17) is 0 Å². The molecule has 0 aliphatic heterocycles. The van der Waals surface area contributed by atoms with Gasteiger partial charge < -0.3 is 5.32 Å². The smallest absolute Gasteiger partial charge is 0.187 e. The Hall–Kier alpha value is -1.97. The number of aromatic nitrogens is 2. The SMILES string of the molecule is CCc1ncnc(Nc2ccccc2)c1F. The van der Waals surface area contributed by atoms with Crippen LogP contribution in [0.4, 0.5) is 15.9 Å². The van der Waals surface area contributed by atoms with Gasteiger partial charge in [-0.1, -0.05) is 25.1 Å². The van der Waals surface area contributed by atoms with E-state index in [9.17, 15) is 4.39 Å². The fourth-order valence-corrected chi connectivity index (χ4v) is 1.40. The van der Waals surface area contributed by atoms with Crippen molar-refractivity contribution in [3.05, 3.63) is 48.2 Å². The highest BCUT2D eigenvalue weighted by Gasteiger charge is 2.09. The van der Waals surface area contributed by atoms with Crippen molar-refractivity contribution in [2.45, 2.75) is 13.3 Å². The third kappa shape index (κ3) is 2.16. The van der Waals surface area contributed by atoms with Crippen LogP contribution < -0.4 is 5.32 Å². The Morgan fingerprint density at radius 1 is 1.19 bits per heavy atom. The molecule has 82 valence electrons. The van der Waals surface area contributed by atoms with Crippen LogP contribution in [0.15, 0.2) is 36.7 Å². The van der Waals surface area contributed by atoms with Crippen LogP contribution >= 0.6 is 0 Å². The molecular formula is C12H12FN3. The van der Waals surface area contributed by atoms with Gasteiger partial charge >= 0.3 is 0 Å². The molecule has 16 heavy (non-hydrogen) atoms. The molecule has 2 aromatic rings. The molecule has 1 heterocycles. The summed E-state index contributed by atoms with van der Waals surface area (Å²) < 4.78 is 13.8. The van der Waals surface area contributed by atoms with Gasteiger partial charge in [0.05, 0.1) is 5.69 Å². The zero-order chi connectivity index (χ0) is 11.4. The molecule has 0 radical (unpaired) electrons. The Balaban J connectivity index is 2.28. The average Bonchev–Trinajstić information content (AvgIpc) is 2.33. The van der Waals surface area contributed by atoms with Gasteiger partial charge in [-0.2, -0.15) is 0 Å². The van der Waals surface area contributed by atoms with Crippen molar-refractivity contribution in [3.8, 4) is 0 Å². The number of halogens is 1. The Morgan fingerprint density at radius 2 is 1.94 bits per heavy atom. The van der Waals surface area contributed by atoms with Gasteiger partial charge in [-0.15, -0.1) is 0 Å². The van der Waals surface area contributed by atoms with Crippen molar-refractivity contribution in [3.63, 3.8) is 0 Å². The number of anilines is 2. The Labute approximate surface area is 93.4 Å². The van der Waals surface area contributed by atoms with E-state index in [-0.39, 0.29) is 11.6 Å². The predicted molar refractivity (Wildman–Crippen MR) is 61.1 cm³/mol. The number of nitrogens with zero attached hydrogens (tertiary/aromatic N) is 2. The summed E-state index contributed by atoms with van der Waals surface area (Å²) in [6.45, 7) is 1.86. The summed E-state index contributed by atoms with van der Waals surface area (Å²) in [5.41, 5.74) is 1.23. The highest BCUT2D eigenvalue weighted by atomic mass is 19.1. The summed E-state index contributed by atoms with van der Waals surface area (Å²) in [7, 11) is 0. The first-order valence-electron chi connectivity index (χ1n) is 5.12. The third-order valence-electron chi connectivity index (χ3n) is 2.23. The second kappa shape index (κ2) is 4.70. The molecular weight excluding hydrogens is 205 g/mol. The number of rotatable bonds is 3. The zero-order valence-electron chi connectivity index (χ0n) is 8.94. The van der Waals surface area contributed by atoms with E-state index < -0.39 is 0 Å². The summed E-state index contributed by atoms with van der Waals surface area (Å²) >= 11 is 0. The molecule has 1 N–H and O–H groups in total. The van der Waals surface area contributed by atoms with Gasteiger partial charge in [0.25, 0.3) is 0 Å². The number of aryl methyl sites for hydroxylation is 1. The van der Waals surface area contributed by atoms with Gasteiger partial charge in [0.2, 0.25) is 0 Å². The minimum Gasteiger partial charge on any atom is -0.338 e. The first-order valence-corrected chi connectivity index (χ1v) is 5.12.